The standard InChI is InChI=1S/C34H44O7S/c1-7-9-10-13-23-19-24(20-27(33(23)40-18-8-2)26-14-11-12-15-32(26)42(6,35)36)28-16-17-29(41-28)25-21-30(37-3)34(39-5)31(22-25)38-4/h11-12,14-15,19-22,28-29H,7-10,13,16-18H2,1-6H3/t28-,29-/m1/s1. The maximum Gasteiger partial charge on any atom is 0.203 e. The molecule has 4 rings (SSSR count). The number of hydrogen-bond acceptors (Lipinski definition) is 7. The quantitative estimate of drug-likeness (QED) is 0.175. The molecule has 0 radical (unpaired) electrons. The summed E-state index contributed by atoms with van der Waals surface area (Å²) in [4.78, 5) is 0.297. The molecule has 0 spiro atoms. The minimum atomic E-state index is -3.47. The van der Waals surface area contributed by atoms with E-state index >= 15 is 0 Å². The van der Waals surface area contributed by atoms with Gasteiger partial charge in [-0.25, -0.2) is 8.42 Å². The van der Waals surface area contributed by atoms with Gasteiger partial charge in [0.05, 0.1) is 45.0 Å². The lowest BCUT2D eigenvalue weighted by atomic mass is 9.92. The second kappa shape index (κ2) is 14.3. The topological polar surface area (TPSA) is 80.3 Å². The first-order valence-corrected chi connectivity index (χ1v) is 16.7. The molecule has 7 nitrogen and oxygen atoms in total. The number of sulfone groups is 1. The van der Waals surface area contributed by atoms with Crippen molar-refractivity contribution < 1.29 is 32.1 Å². The van der Waals surface area contributed by atoms with E-state index in [-0.39, 0.29) is 12.2 Å². The Bertz CT molecular complexity index is 1440. The van der Waals surface area contributed by atoms with E-state index < -0.39 is 9.84 Å². The number of methoxy groups -OCH3 is 3. The lowest BCUT2D eigenvalue weighted by Crippen LogP contribution is -2.07. The van der Waals surface area contributed by atoms with Crippen LogP contribution in [0.5, 0.6) is 23.0 Å². The SMILES string of the molecule is CCCCCc1cc([C@H]2CC[C@H](c3cc(OC)c(OC)c(OC)c3)O2)cc(-c2ccccc2S(C)(=O)=O)c1OCCC. The van der Waals surface area contributed by atoms with Gasteiger partial charge in [-0.2, -0.15) is 0 Å². The van der Waals surface area contributed by atoms with Crippen LogP contribution in [-0.2, 0) is 21.0 Å². The molecule has 1 aliphatic heterocycles. The first-order chi connectivity index (χ1) is 20.2. The molecule has 0 aromatic heterocycles. The number of benzene rings is 3. The van der Waals surface area contributed by atoms with Crippen molar-refractivity contribution in [3.05, 3.63) is 65.2 Å². The monoisotopic (exact) mass is 596 g/mol. The lowest BCUT2D eigenvalue weighted by molar-refractivity contribution is 0.0437. The van der Waals surface area contributed by atoms with Crippen LogP contribution in [0.1, 0.15) is 81.3 Å². The molecule has 0 saturated carbocycles. The molecule has 1 fully saturated rings. The van der Waals surface area contributed by atoms with Crippen molar-refractivity contribution in [1.82, 2.24) is 0 Å². The van der Waals surface area contributed by atoms with Crippen molar-refractivity contribution >= 4 is 9.84 Å². The average Bonchev–Trinajstić information content (AvgIpc) is 3.49. The summed E-state index contributed by atoms with van der Waals surface area (Å²) in [5.74, 6) is 2.50. The van der Waals surface area contributed by atoms with Crippen molar-refractivity contribution in [2.24, 2.45) is 0 Å². The van der Waals surface area contributed by atoms with Crippen molar-refractivity contribution in [3.8, 4) is 34.1 Å². The first-order valence-electron chi connectivity index (χ1n) is 14.8. The van der Waals surface area contributed by atoms with Gasteiger partial charge in [0.15, 0.2) is 21.3 Å². The average molecular weight is 597 g/mol. The maximum absolute atomic E-state index is 12.8. The Labute approximate surface area is 251 Å². The summed E-state index contributed by atoms with van der Waals surface area (Å²) in [7, 11) is 1.34. The molecule has 2 atom stereocenters. The predicted molar refractivity (Wildman–Crippen MR) is 166 cm³/mol. The van der Waals surface area contributed by atoms with E-state index in [2.05, 4.69) is 26.0 Å². The molecule has 228 valence electrons. The Morgan fingerprint density at radius 3 is 2.00 bits per heavy atom. The molecular weight excluding hydrogens is 552 g/mol. The Morgan fingerprint density at radius 2 is 1.43 bits per heavy atom. The Balaban J connectivity index is 1.80. The van der Waals surface area contributed by atoms with E-state index in [0.29, 0.717) is 34.3 Å². The number of rotatable bonds is 14. The number of hydrogen-bond donors (Lipinski definition) is 0. The second-order valence-corrected chi connectivity index (χ2v) is 12.8. The van der Waals surface area contributed by atoms with E-state index in [9.17, 15) is 8.42 Å². The van der Waals surface area contributed by atoms with Crippen LogP contribution in [0.2, 0.25) is 0 Å². The third-order valence-corrected chi connectivity index (χ3v) is 8.87. The molecule has 1 saturated heterocycles. The maximum atomic E-state index is 12.8. The molecule has 3 aromatic rings. The summed E-state index contributed by atoms with van der Waals surface area (Å²) in [5, 5.41) is 0. The normalized spacial score (nSPS) is 16.8. The van der Waals surface area contributed by atoms with E-state index in [1.807, 2.05) is 24.3 Å². The van der Waals surface area contributed by atoms with Crippen LogP contribution in [-0.4, -0.2) is 42.6 Å². The van der Waals surface area contributed by atoms with Gasteiger partial charge in [0, 0.05) is 17.4 Å². The molecule has 42 heavy (non-hydrogen) atoms. The predicted octanol–water partition coefficient (Wildman–Crippen LogP) is 7.90. The zero-order chi connectivity index (χ0) is 30.3. The van der Waals surface area contributed by atoms with Crippen LogP contribution in [0.25, 0.3) is 11.1 Å². The zero-order valence-electron chi connectivity index (χ0n) is 25.7. The molecule has 1 heterocycles. The van der Waals surface area contributed by atoms with Gasteiger partial charge in [-0.05, 0) is 79.1 Å². The lowest BCUT2D eigenvalue weighted by Gasteiger charge is -2.22. The van der Waals surface area contributed by atoms with Gasteiger partial charge in [0.2, 0.25) is 5.75 Å². The number of ether oxygens (including phenoxy) is 5. The third kappa shape index (κ3) is 7.04. The molecule has 0 amide bonds. The highest BCUT2D eigenvalue weighted by molar-refractivity contribution is 7.90. The third-order valence-electron chi connectivity index (χ3n) is 7.72. The zero-order valence-corrected chi connectivity index (χ0v) is 26.5. The minimum absolute atomic E-state index is 0.157. The first kappa shape index (κ1) is 31.7. The van der Waals surface area contributed by atoms with Crippen molar-refractivity contribution in [3.63, 3.8) is 0 Å². The highest BCUT2D eigenvalue weighted by atomic mass is 32.2. The molecule has 8 heteroatoms. The second-order valence-electron chi connectivity index (χ2n) is 10.8. The van der Waals surface area contributed by atoms with Crippen LogP contribution < -0.4 is 18.9 Å². The van der Waals surface area contributed by atoms with E-state index in [0.717, 1.165) is 72.9 Å². The highest BCUT2D eigenvalue weighted by Gasteiger charge is 2.31. The van der Waals surface area contributed by atoms with Crippen molar-refractivity contribution in [2.75, 3.05) is 34.2 Å². The summed E-state index contributed by atoms with van der Waals surface area (Å²) in [5.41, 5.74) is 4.53. The summed E-state index contributed by atoms with van der Waals surface area (Å²) in [6.07, 6.45) is 7.51. The smallest absolute Gasteiger partial charge is 0.203 e. The van der Waals surface area contributed by atoms with Crippen LogP contribution in [0.3, 0.4) is 0 Å². The fourth-order valence-electron chi connectivity index (χ4n) is 5.65. The Morgan fingerprint density at radius 1 is 0.786 bits per heavy atom. The van der Waals surface area contributed by atoms with Gasteiger partial charge in [0.25, 0.3) is 0 Å². The fraction of sp³-hybridized carbons (Fsp3) is 0.471. The molecule has 0 unspecified atom stereocenters. The van der Waals surface area contributed by atoms with Gasteiger partial charge in [-0.1, -0.05) is 44.9 Å². The van der Waals surface area contributed by atoms with Gasteiger partial charge < -0.3 is 23.7 Å². The number of unbranched alkanes of at least 4 members (excludes halogenated alkanes) is 2. The fourth-order valence-corrected chi connectivity index (χ4v) is 6.56. The highest BCUT2D eigenvalue weighted by Crippen LogP contribution is 2.48. The molecule has 1 aliphatic rings. The summed E-state index contributed by atoms with van der Waals surface area (Å²) in [6, 6.07) is 15.4. The van der Waals surface area contributed by atoms with Gasteiger partial charge >= 0.3 is 0 Å². The van der Waals surface area contributed by atoms with Gasteiger partial charge in [-0.3, -0.25) is 0 Å². The summed E-state index contributed by atoms with van der Waals surface area (Å²) in [6.45, 7) is 4.82. The molecule has 0 bridgehead atoms. The Kier molecular flexibility index (Phi) is 10.8. The minimum Gasteiger partial charge on any atom is -0.493 e. The molecule has 0 N–H and O–H groups in total. The van der Waals surface area contributed by atoms with Crippen LogP contribution in [0.4, 0.5) is 0 Å². The van der Waals surface area contributed by atoms with Crippen LogP contribution >= 0.6 is 0 Å². The summed E-state index contributed by atoms with van der Waals surface area (Å²) < 4.78 is 55.4. The van der Waals surface area contributed by atoms with Crippen LogP contribution in [0.15, 0.2) is 53.4 Å². The van der Waals surface area contributed by atoms with E-state index in [1.165, 1.54) is 6.26 Å². The summed E-state index contributed by atoms with van der Waals surface area (Å²) >= 11 is 0. The molecular formula is C34H44O7S. The van der Waals surface area contributed by atoms with E-state index in [1.54, 1.807) is 33.5 Å². The van der Waals surface area contributed by atoms with Gasteiger partial charge in [0.1, 0.15) is 5.75 Å². The largest absolute Gasteiger partial charge is 0.493 e. The van der Waals surface area contributed by atoms with E-state index in [4.69, 9.17) is 23.7 Å². The van der Waals surface area contributed by atoms with Gasteiger partial charge in [-0.15, -0.1) is 0 Å². The molecule has 0 aliphatic carbocycles. The van der Waals surface area contributed by atoms with Crippen LogP contribution in [0, 0.1) is 0 Å². The Hall–Kier alpha value is -3.23. The number of aryl methyl sites for hydroxylation is 1. The van der Waals surface area contributed by atoms with Crippen molar-refractivity contribution in [2.45, 2.75) is 75.9 Å². The van der Waals surface area contributed by atoms with Crippen molar-refractivity contribution in [1.29, 1.82) is 0 Å². The molecule has 3 aromatic carbocycles.